The summed E-state index contributed by atoms with van der Waals surface area (Å²) in [5.74, 6) is -0.00611. The van der Waals surface area contributed by atoms with E-state index in [2.05, 4.69) is 5.32 Å². The van der Waals surface area contributed by atoms with Gasteiger partial charge in [0.15, 0.2) is 0 Å². The number of aliphatic hydroxyl groups is 1. The van der Waals surface area contributed by atoms with E-state index in [0.29, 0.717) is 13.1 Å². The van der Waals surface area contributed by atoms with Crippen LogP contribution < -0.4 is 5.32 Å². The molecule has 0 aliphatic rings. The van der Waals surface area contributed by atoms with Crippen LogP contribution >= 0.6 is 0 Å². The van der Waals surface area contributed by atoms with Crippen LogP contribution in [0.3, 0.4) is 0 Å². The molecular formula is C7H16N2O2. The molecule has 11 heavy (non-hydrogen) atoms. The number of aliphatic hydroxyl groups excluding tert-OH is 1. The Balaban J connectivity index is 3.64. The molecule has 0 spiro atoms. The fourth-order valence-electron chi connectivity index (χ4n) is 0.784. The van der Waals surface area contributed by atoms with Crippen LogP contribution in [0.25, 0.3) is 0 Å². The van der Waals surface area contributed by atoms with Gasteiger partial charge in [-0.25, -0.2) is 0 Å². The van der Waals surface area contributed by atoms with Gasteiger partial charge in [0, 0.05) is 13.6 Å². The maximum Gasteiger partial charge on any atom is 0.236 e. The molecule has 1 atom stereocenters. The molecule has 0 saturated carbocycles. The number of nitrogens with zero attached hydrogens (tertiary/aromatic N) is 1. The number of likely N-dealkylation sites (N-methyl/N-ethyl adjacent to an activating group) is 2. The first-order valence-corrected chi connectivity index (χ1v) is 3.64. The SMILES string of the molecule is CNCC(=O)N(C)CC(C)O. The third-order valence-corrected chi connectivity index (χ3v) is 1.29. The number of carbonyl (C=O) groups excluding carboxylic acids is 1. The van der Waals surface area contributed by atoms with Crippen LogP contribution in [0.5, 0.6) is 0 Å². The topological polar surface area (TPSA) is 52.6 Å². The molecule has 0 aromatic carbocycles. The monoisotopic (exact) mass is 160 g/mol. The number of carbonyl (C=O) groups is 1. The lowest BCUT2D eigenvalue weighted by Crippen LogP contribution is -2.38. The number of nitrogens with one attached hydrogen (secondary N) is 1. The molecule has 0 bridgehead atoms. The summed E-state index contributed by atoms with van der Waals surface area (Å²) in [4.78, 5) is 12.5. The third kappa shape index (κ3) is 4.75. The summed E-state index contributed by atoms with van der Waals surface area (Å²) in [6.07, 6.45) is -0.458. The van der Waals surface area contributed by atoms with Crippen molar-refractivity contribution in [3.63, 3.8) is 0 Å². The van der Waals surface area contributed by atoms with Gasteiger partial charge in [-0.05, 0) is 14.0 Å². The first kappa shape index (κ1) is 10.4. The van der Waals surface area contributed by atoms with Crippen LogP contribution in [-0.4, -0.2) is 49.2 Å². The van der Waals surface area contributed by atoms with Gasteiger partial charge in [-0.2, -0.15) is 0 Å². The quantitative estimate of drug-likeness (QED) is 0.557. The Morgan fingerprint density at radius 2 is 2.27 bits per heavy atom. The van der Waals surface area contributed by atoms with Crippen LogP contribution in [-0.2, 0) is 4.79 Å². The lowest BCUT2D eigenvalue weighted by molar-refractivity contribution is -0.129. The highest BCUT2D eigenvalue weighted by molar-refractivity contribution is 5.77. The number of hydrogen-bond donors (Lipinski definition) is 2. The third-order valence-electron chi connectivity index (χ3n) is 1.29. The summed E-state index contributed by atoms with van der Waals surface area (Å²) < 4.78 is 0. The largest absolute Gasteiger partial charge is 0.392 e. The lowest BCUT2D eigenvalue weighted by Gasteiger charge is -2.18. The zero-order valence-corrected chi connectivity index (χ0v) is 7.29. The molecule has 1 amide bonds. The highest BCUT2D eigenvalue weighted by Crippen LogP contribution is 1.87. The van der Waals surface area contributed by atoms with Crippen molar-refractivity contribution in [2.45, 2.75) is 13.0 Å². The van der Waals surface area contributed by atoms with Crippen molar-refractivity contribution in [3.8, 4) is 0 Å². The van der Waals surface area contributed by atoms with Crippen LogP contribution in [0.4, 0.5) is 0 Å². The maximum atomic E-state index is 11.0. The summed E-state index contributed by atoms with van der Waals surface area (Å²) >= 11 is 0. The van der Waals surface area contributed by atoms with Crippen molar-refractivity contribution in [1.82, 2.24) is 10.2 Å². The van der Waals surface area contributed by atoms with Gasteiger partial charge < -0.3 is 15.3 Å². The molecule has 0 aliphatic carbocycles. The minimum Gasteiger partial charge on any atom is -0.392 e. The second kappa shape index (κ2) is 5.09. The Morgan fingerprint density at radius 1 is 1.73 bits per heavy atom. The molecule has 0 radical (unpaired) electrons. The van der Waals surface area contributed by atoms with Crippen molar-refractivity contribution >= 4 is 5.91 Å². The van der Waals surface area contributed by atoms with Crippen molar-refractivity contribution in [2.75, 3.05) is 27.2 Å². The highest BCUT2D eigenvalue weighted by Gasteiger charge is 2.08. The van der Waals surface area contributed by atoms with E-state index in [4.69, 9.17) is 5.11 Å². The average molecular weight is 160 g/mol. The Bertz CT molecular complexity index is 126. The van der Waals surface area contributed by atoms with Crippen molar-refractivity contribution in [2.24, 2.45) is 0 Å². The molecule has 0 saturated heterocycles. The van der Waals surface area contributed by atoms with Gasteiger partial charge in [0.2, 0.25) is 5.91 Å². The maximum absolute atomic E-state index is 11.0. The summed E-state index contributed by atoms with van der Waals surface area (Å²) in [5, 5.41) is 11.7. The number of hydrogen-bond acceptors (Lipinski definition) is 3. The van der Waals surface area contributed by atoms with Gasteiger partial charge >= 0.3 is 0 Å². The summed E-state index contributed by atoms with van der Waals surface area (Å²) in [7, 11) is 3.39. The molecule has 0 fully saturated rings. The van der Waals surface area contributed by atoms with Crippen LogP contribution in [0, 0.1) is 0 Å². The summed E-state index contributed by atoms with van der Waals surface area (Å²) in [5.41, 5.74) is 0. The van der Waals surface area contributed by atoms with Gasteiger partial charge in [-0.3, -0.25) is 4.79 Å². The van der Waals surface area contributed by atoms with E-state index in [1.807, 2.05) is 0 Å². The molecular weight excluding hydrogens is 144 g/mol. The fraction of sp³-hybridized carbons (Fsp3) is 0.857. The number of amides is 1. The molecule has 1 unspecified atom stereocenters. The molecule has 0 heterocycles. The van der Waals surface area contributed by atoms with Crippen molar-refractivity contribution in [1.29, 1.82) is 0 Å². The first-order valence-electron chi connectivity index (χ1n) is 3.64. The molecule has 0 aliphatic heterocycles. The Morgan fingerprint density at radius 3 is 2.64 bits per heavy atom. The van der Waals surface area contributed by atoms with E-state index in [9.17, 15) is 4.79 Å². The molecule has 0 aromatic rings. The second-order valence-corrected chi connectivity index (χ2v) is 2.65. The zero-order chi connectivity index (χ0) is 8.85. The standard InChI is InChI=1S/C7H16N2O2/c1-6(10)5-9(3)7(11)4-8-2/h6,8,10H,4-5H2,1-3H3. The fourth-order valence-corrected chi connectivity index (χ4v) is 0.784. The van der Waals surface area contributed by atoms with E-state index in [0.717, 1.165) is 0 Å². The molecule has 4 heteroatoms. The Kier molecular flexibility index (Phi) is 4.81. The van der Waals surface area contributed by atoms with Gasteiger partial charge in [0.25, 0.3) is 0 Å². The Labute approximate surface area is 67.2 Å². The predicted octanol–water partition coefficient (Wildman–Crippen LogP) is -0.955. The molecule has 4 nitrogen and oxygen atoms in total. The Hall–Kier alpha value is -0.610. The van der Waals surface area contributed by atoms with Crippen LogP contribution in [0.2, 0.25) is 0 Å². The molecule has 66 valence electrons. The van der Waals surface area contributed by atoms with Crippen LogP contribution in [0.15, 0.2) is 0 Å². The lowest BCUT2D eigenvalue weighted by atomic mass is 10.3. The predicted molar refractivity (Wildman–Crippen MR) is 43.2 cm³/mol. The van der Waals surface area contributed by atoms with E-state index in [1.54, 1.807) is 21.0 Å². The zero-order valence-electron chi connectivity index (χ0n) is 7.29. The van der Waals surface area contributed by atoms with Gasteiger partial charge in [0.1, 0.15) is 0 Å². The van der Waals surface area contributed by atoms with E-state index in [1.165, 1.54) is 4.90 Å². The summed E-state index contributed by atoms with van der Waals surface area (Å²) in [6.45, 7) is 2.37. The molecule has 0 rings (SSSR count). The average Bonchev–Trinajstić information content (AvgIpc) is 1.86. The smallest absolute Gasteiger partial charge is 0.236 e. The number of rotatable bonds is 4. The highest BCUT2D eigenvalue weighted by atomic mass is 16.3. The van der Waals surface area contributed by atoms with Gasteiger partial charge in [-0.1, -0.05) is 0 Å². The van der Waals surface area contributed by atoms with Gasteiger partial charge in [-0.15, -0.1) is 0 Å². The van der Waals surface area contributed by atoms with Crippen molar-refractivity contribution in [3.05, 3.63) is 0 Å². The van der Waals surface area contributed by atoms with Crippen molar-refractivity contribution < 1.29 is 9.90 Å². The van der Waals surface area contributed by atoms with E-state index < -0.39 is 6.10 Å². The first-order chi connectivity index (χ1) is 5.07. The molecule has 2 N–H and O–H groups in total. The minimum atomic E-state index is -0.458. The second-order valence-electron chi connectivity index (χ2n) is 2.65. The summed E-state index contributed by atoms with van der Waals surface area (Å²) in [6, 6.07) is 0. The van der Waals surface area contributed by atoms with Crippen LogP contribution in [0.1, 0.15) is 6.92 Å². The van der Waals surface area contributed by atoms with E-state index in [-0.39, 0.29) is 5.91 Å². The normalized spacial score (nSPS) is 12.7. The minimum absolute atomic E-state index is 0.00611. The molecule has 0 aromatic heterocycles. The van der Waals surface area contributed by atoms with E-state index >= 15 is 0 Å². The van der Waals surface area contributed by atoms with Gasteiger partial charge in [0.05, 0.1) is 12.6 Å².